The van der Waals surface area contributed by atoms with Gasteiger partial charge in [0, 0.05) is 11.0 Å². The standard InChI is InChI=1S/C9H20O2S/c1-3-4-5-9(11)7-12-8(2)6-10/h8-11H,3-7H2,1-2H3. The Kier molecular flexibility index (Phi) is 8.07. The Morgan fingerprint density at radius 3 is 2.58 bits per heavy atom. The van der Waals surface area contributed by atoms with E-state index in [1.54, 1.807) is 11.8 Å². The molecule has 0 aromatic rings. The van der Waals surface area contributed by atoms with Crippen LogP contribution in [0.4, 0.5) is 0 Å². The summed E-state index contributed by atoms with van der Waals surface area (Å²) in [4.78, 5) is 0. The van der Waals surface area contributed by atoms with E-state index in [-0.39, 0.29) is 18.0 Å². The van der Waals surface area contributed by atoms with Gasteiger partial charge < -0.3 is 10.2 Å². The van der Waals surface area contributed by atoms with Crippen LogP contribution >= 0.6 is 11.8 Å². The quantitative estimate of drug-likeness (QED) is 0.644. The number of hydrogen-bond acceptors (Lipinski definition) is 3. The molecule has 2 atom stereocenters. The summed E-state index contributed by atoms with van der Waals surface area (Å²) in [6.45, 7) is 4.29. The van der Waals surface area contributed by atoms with Gasteiger partial charge in [0.05, 0.1) is 12.7 Å². The van der Waals surface area contributed by atoms with Gasteiger partial charge >= 0.3 is 0 Å². The van der Waals surface area contributed by atoms with E-state index in [0.717, 1.165) is 25.0 Å². The minimum absolute atomic E-state index is 0.191. The highest BCUT2D eigenvalue weighted by Gasteiger charge is 2.06. The highest BCUT2D eigenvalue weighted by molar-refractivity contribution is 7.99. The molecule has 0 amide bonds. The number of unbranched alkanes of at least 4 members (excludes halogenated alkanes) is 1. The molecule has 2 unspecified atom stereocenters. The van der Waals surface area contributed by atoms with Gasteiger partial charge in [-0.05, 0) is 6.42 Å². The van der Waals surface area contributed by atoms with Gasteiger partial charge in [-0.2, -0.15) is 11.8 Å². The van der Waals surface area contributed by atoms with Crippen LogP contribution in [0.3, 0.4) is 0 Å². The third-order valence-corrected chi connectivity index (χ3v) is 3.02. The van der Waals surface area contributed by atoms with Gasteiger partial charge in [-0.1, -0.05) is 26.7 Å². The zero-order valence-corrected chi connectivity index (χ0v) is 8.81. The Labute approximate surface area is 79.4 Å². The fraction of sp³-hybridized carbons (Fsp3) is 1.00. The molecule has 0 aliphatic rings. The smallest absolute Gasteiger partial charge is 0.0630 e. The molecule has 0 heterocycles. The first-order valence-corrected chi connectivity index (χ1v) is 5.66. The molecule has 0 aliphatic carbocycles. The first kappa shape index (κ1) is 12.3. The lowest BCUT2D eigenvalue weighted by Gasteiger charge is -2.12. The maximum Gasteiger partial charge on any atom is 0.0630 e. The molecule has 0 spiro atoms. The van der Waals surface area contributed by atoms with Crippen molar-refractivity contribution in [1.82, 2.24) is 0 Å². The average molecular weight is 192 g/mol. The molecule has 0 rings (SSSR count). The summed E-state index contributed by atoms with van der Waals surface area (Å²) in [6, 6.07) is 0. The average Bonchev–Trinajstić information content (AvgIpc) is 2.10. The zero-order valence-electron chi connectivity index (χ0n) is 7.99. The Morgan fingerprint density at radius 2 is 2.08 bits per heavy atom. The Balaban J connectivity index is 3.24. The van der Waals surface area contributed by atoms with E-state index >= 15 is 0 Å². The maximum absolute atomic E-state index is 9.42. The van der Waals surface area contributed by atoms with Crippen LogP contribution in [-0.2, 0) is 0 Å². The second-order valence-corrected chi connectivity index (χ2v) is 4.59. The predicted molar refractivity (Wildman–Crippen MR) is 54.5 cm³/mol. The Bertz CT molecular complexity index is 98.5. The van der Waals surface area contributed by atoms with E-state index in [1.807, 2.05) is 6.92 Å². The summed E-state index contributed by atoms with van der Waals surface area (Å²) in [5, 5.41) is 18.4. The minimum atomic E-state index is -0.191. The summed E-state index contributed by atoms with van der Waals surface area (Å²) in [7, 11) is 0. The van der Waals surface area contributed by atoms with E-state index < -0.39 is 0 Å². The lowest BCUT2D eigenvalue weighted by molar-refractivity contribution is 0.185. The molecule has 0 aliphatic heterocycles. The highest BCUT2D eigenvalue weighted by Crippen LogP contribution is 2.13. The van der Waals surface area contributed by atoms with Gasteiger partial charge in [-0.25, -0.2) is 0 Å². The summed E-state index contributed by atoms with van der Waals surface area (Å²) in [5.74, 6) is 0.752. The maximum atomic E-state index is 9.42. The van der Waals surface area contributed by atoms with Gasteiger partial charge in [-0.3, -0.25) is 0 Å². The van der Waals surface area contributed by atoms with Crippen molar-refractivity contribution in [3.8, 4) is 0 Å². The molecule has 74 valence electrons. The molecule has 0 saturated carbocycles. The summed E-state index contributed by atoms with van der Waals surface area (Å²) in [5.41, 5.74) is 0. The molecule has 2 nitrogen and oxygen atoms in total. The van der Waals surface area contributed by atoms with Gasteiger partial charge in [0.15, 0.2) is 0 Å². The van der Waals surface area contributed by atoms with Crippen LogP contribution in [0, 0.1) is 0 Å². The third-order valence-electron chi connectivity index (χ3n) is 1.72. The summed E-state index contributed by atoms with van der Waals surface area (Å²) in [6.07, 6.45) is 2.93. The molecule has 0 aromatic carbocycles. The van der Waals surface area contributed by atoms with Crippen molar-refractivity contribution in [2.24, 2.45) is 0 Å². The fourth-order valence-electron chi connectivity index (χ4n) is 0.851. The number of rotatable bonds is 7. The van der Waals surface area contributed by atoms with E-state index in [4.69, 9.17) is 5.11 Å². The van der Waals surface area contributed by atoms with Crippen LogP contribution in [0.2, 0.25) is 0 Å². The fourth-order valence-corrected chi connectivity index (χ4v) is 1.67. The molecule has 3 heteroatoms. The van der Waals surface area contributed by atoms with Crippen molar-refractivity contribution in [3.05, 3.63) is 0 Å². The van der Waals surface area contributed by atoms with Crippen molar-refractivity contribution in [2.75, 3.05) is 12.4 Å². The Morgan fingerprint density at radius 1 is 1.42 bits per heavy atom. The second kappa shape index (κ2) is 7.90. The first-order valence-electron chi connectivity index (χ1n) is 4.61. The number of thioether (sulfide) groups is 1. The summed E-state index contributed by atoms with van der Waals surface area (Å²) < 4.78 is 0. The molecule has 0 bridgehead atoms. The van der Waals surface area contributed by atoms with Crippen molar-refractivity contribution in [2.45, 2.75) is 44.5 Å². The number of aliphatic hydroxyl groups excluding tert-OH is 2. The van der Waals surface area contributed by atoms with Gasteiger partial charge in [0.2, 0.25) is 0 Å². The largest absolute Gasteiger partial charge is 0.395 e. The van der Waals surface area contributed by atoms with Gasteiger partial charge in [-0.15, -0.1) is 0 Å². The van der Waals surface area contributed by atoms with E-state index in [9.17, 15) is 5.11 Å². The molecular weight excluding hydrogens is 172 g/mol. The number of aliphatic hydroxyl groups is 2. The van der Waals surface area contributed by atoms with Crippen molar-refractivity contribution in [1.29, 1.82) is 0 Å². The normalized spacial score (nSPS) is 16.0. The van der Waals surface area contributed by atoms with Crippen LogP contribution in [0.1, 0.15) is 33.1 Å². The van der Waals surface area contributed by atoms with Crippen LogP contribution in [-0.4, -0.2) is 33.9 Å². The topological polar surface area (TPSA) is 40.5 Å². The highest BCUT2D eigenvalue weighted by atomic mass is 32.2. The van der Waals surface area contributed by atoms with Crippen LogP contribution in [0.5, 0.6) is 0 Å². The van der Waals surface area contributed by atoms with Crippen molar-refractivity contribution >= 4 is 11.8 Å². The molecule has 2 N–H and O–H groups in total. The van der Waals surface area contributed by atoms with Crippen LogP contribution in [0.25, 0.3) is 0 Å². The van der Waals surface area contributed by atoms with Crippen molar-refractivity contribution < 1.29 is 10.2 Å². The molecule has 0 radical (unpaired) electrons. The van der Waals surface area contributed by atoms with E-state index in [1.165, 1.54) is 0 Å². The van der Waals surface area contributed by atoms with Gasteiger partial charge in [0.25, 0.3) is 0 Å². The SMILES string of the molecule is CCCCC(O)CSC(C)CO. The van der Waals surface area contributed by atoms with Crippen molar-refractivity contribution in [3.63, 3.8) is 0 Å². The van der Waals surface area contributed by atoms with E-state index in [0.29, 0.717) is 0 Å². The predicted octanol–water partition coefficient (Wildman–Crippen LogP) is 1.65. The minimum Gasteiger partial charge on any atom is -0.395 e. The molecule has 0 fully saturated rings. The zero-order chi connectivity index (χ0) is 9.40. The third kappa shape index (κ3) is 6.95. The number of hydrogen-bond donors (Lipinski definition) is 2. The molecular formula is C9H20O2S. The monoisotopic (exact) mass is 192 g/mol. The lowest BCUT2D eigenvalue weighted by Crippen LogP contribution is -2.13. The lowest BCUT2D eigenvalue weighted by atomic mass is 10.2. The van der Waals surface area contributed by atoms with Gasteiger partial charge in [0.1, 0.15) is 0 Å². The summed E-state index contributed by atoms with van der Waals surface area (Å²) >= 11 is 1.63. The molecule has 0 aromatic heterocycles. The second-order valence-electron chi connectivity index (χ2n) is 3.12. The van der Waals surface area contributed by atoms with Crippen LogP contribution in [0.15, 0.2) is 0 Å². The first-order chi connectivity index (χ1) is 5.70. The molecule has 0 saturated heterocycles. The molecule has 12 heavy (non-hydrogen) atoms. The van der Waals surface area contributed by atoms with E-state index in [2.05, 4.69) is 6.92 Å². The van der Waals surface area contributed by atoms with Crippen LogP contribution < -0.4 is 0 Å². The Hall–Kier alpha value is 0.270.